The van der Waals surface area contributed by atoms with Crippen molar-refractivity contribution >= 4 is 39.6 Å². The van der Waals surface area contributed by atoms with Crippen LogP contribution in [-0.2, 0) is 9.59 Å². The second-order valence-corrected chi connectivity index (χ2v) is 4.69. The van der Waals surface area contributed by atoms with Gasteiger partial charge in [-0.25, -0.2) is 0 Å². The predicted molar refractivity (Wildman–Crippen MR) is 65.4 cm³/mol. The van der Waals surface area contributed by atoms with Crippen molar-refractivity contribution in [2.45, 2.75) is 19.4 Å². The molecular formula is C11H11BrN2O2. The van der Waals surface area contributed by atoms with E-state index in [0.717, 1.165) is 16.6 Å². The molecule has 84 valence electrons. The third-order valence-corrected chi connectivity index (χ3v) is 3.07. The van der Waals surface area contributed by atoms with Gasteiger partial charge in [0.2, 0.25) is 12.3 Å². The Hall–Kier alpha value is -1.36. The van der Waals surface area contributed by atoms with Crippen molar-refractivity contribution in [3.8, 4) is 0 Å². The molecule has 16 heavy (non-hydrogen) atoms. The molecule has 0 fully saturated rings. The molecule has 0 saturated carbocycles. The lowest BCUT2D eigenvalue weighted by Crippen LogP contribution is -2.32. The van der Waals surface area contributed by atoms with E-state index in [0.29, 0.717) is 12.1 Å². The predicted octanol–water partition coefficient (Wildman–Crippen LogP) is 2.14. The van der Waals surface area contributed by atoms with E-state index in [9.17, 15) is 9.59 Å². The molecule has 1 aromatic rings. The molecule has 0 spiro atoms. The van der Waals surface area contributed by atoms with E-state index in [4.69, 9.17) is 0 Å². The Balaban J connectivity index is 2.54. The maximum absolute atomic E-state index is 11.5. The molecule has 2 amide bonds. The van der Waals surface area contributed by atoms with E-state index in [-0.39, 0.29) is 11.9 Å². The van der Waals surface area contributed by atoms with Gasteiger partial charge in [0.05, 0.1) is 11.4 Å². The number of halogens is 1. The van der Waals surface area contributed by atoms with Crippen LogP contribution < -0.4 is 10.2 Å². The van der Waals surface area contributed by atoms with Gasteiger partial charge in [-0.3, -0.25) is 9.59 Å². The van der Waals surface area contributed by atoms with Gasteiger partial charge in [0.25, 0.3) is 0 Å². The largest absolute Gasteiger partial charge is 0.324 e. The molecule has 5 heteroatoms. The summed E-state index contributed by atoms with van der Waals surface area (Å²) in [5.74, 6) is -0.0691. The molecule has 1 aliphatic rings. The number of hydrogen-bond acceptors (Lipinski definition) is 2. The van der Waals surface area contributed by atoms with E-state index in [2.05, 4.69) is 21.2 Å². The molecule has 1 aliphatic heterocycles. The van der Waals surface area contributed by atoms with Crippen LogP contribution >= 0.6 is 15.9 Å². The van der Waals surface area contributed by atoms with Gasteiger partial charge in [0.15, 0.2) is 0 Å². The third-order valence-electron chi connectivity index (χ3n) is 2.58. The molecule has 0 saturated heterocycles. The summed E-state index contributed by atoms with van der Waals surface area (Å²) in [4.78, 5) is 24.2. The van der Waals surface area contributed by atoms with Crippen molar-refractivity contribution in [1.29, 1.82) is 0 Å². The van der Waals surface area contributed by atoms with Crippen LogP contribution in [0, 0.1) is 0 Å². The monoisotopic (exact) mass is 282 g/mol. The second-order valence-electron chi connectivity index (χ2n) is 3.78. The summed E-state index contributed by atoms with van der Waals surface area (Å²) in [5.41, 5.74) is 1.40. The van der Waals surface area contributed by atoms with Crippen molar-refractivity contribution in [2.24, 2.45) is 0 Å². The van der Waals surface area contributed by atoms with Crippen LogP contribution in [0.15, 0.2) is 22.7 Å². The number of benzene rings is 1. The van der Waals surface area contributed by atoms with Gasteiger partial charge in [0.1, 0.15) is 0 Å². The van der Waals surface area contributed by atoms with Crippen molar-refractivity contribution < 1.29 is 9.59 Å². The third kappa shape index (κ3) is 1.95. The van der Waals surface area contributed by atoms with Gasteiger partial charge in [-0.1, -0.05) is 15.9 Å². The number of carbonyl (C=O) groups is 2. The van der Waals surface area contributed by atoms with Gasteiger partial charge in [-0.15, -0.1) is 0 Å². The van der Waals surface area contributed by atoms with Crippen LogP contribution in [0.25, 0.3) is 0 Å². The van der Waals surface area contributed by atoms with E-state index in [1.165, 1.54) is 0 Å². The molecule has 0 aliphatic carbocycles. The molecule has 1 N–H and O–H groups in total. The molecule has 1 aromatic carbocycles. The highest BCUT2D eigenvalue weighted by Gasteiger charge is 2.24. The maximum atomic E-state index is 11.5. The van der Waals surface area contributed by atoms with Crippen molar-refractivity contribution in [3.05, 3.63) is 22.7 Å². The number of carbonyl (C=O) groups excluding carboxylic acids is 2. The van der Waals surface area contributed by atoms with E-state index < -0.39 is 0 Å². The number of nitrogens with zero attached hydrogens (tertiary/aromatic N) is 1. The van der Waals surface area contributed by atoms with Crippen molar-refractivity contribution in [1.82, 2.24) is 0 Å². The lowest BCUT2D eigenvalue weighted by atomic mass is 10.2. The van der Waals surface area contributed by atoms with Crippen molar-refractivity contribution in [2.75, 3.05) is 10.2 Å². The lowest BCUT2D eigenvalue weighted by Gasteiger charge is -2.22. The molecule has 0 bridgehead atoms. The first-order chi connectivity index (χ1) is 7.61. The normalized spacial score (nSPS) is 19.8. The molecule has 2 rings (SSSR count). The smallest absolute Gasteiger partial charge is 0.226 e. The number of rotatable bonds is 1. The average Bonchev–Trinajstić information content (AvgIpc) is 2.33. The Bertz CT molecular complexity index is 448. The fourth-order valence-corrected chi connectivity index (χ4v) is 2.14. The second kappa shape index (κ2) is 4.25. The topological polar surface area (TPSA) is 49.4 Å². The number of fused-ring (bicyclic) bond motifs is 1. The average molecular weight is 283 g/mol. The fourth-order valence-electron chi connectivity index (χ4n) is 1.79. The van der Waals surface area contributed by atoms with E-state index in [1.807, 2.05) is 19.1 Å². The molecule has 1 atom stereocenters. The summed E-state index contributed by atoms with van der Waals surface area (Å²) in [6.07, 6.45) is 1.07. The first-order valence-corrected chi connectivity index (χ1v) is 5.74. The zero-order chi connectivity index (χ0) is 11.7. The van der Waals surface area contributed by atoms with Gasteiger partial charge >= 0.3 is 0 Å². The summed E-state index contributed by atoms with van der Waals surface area (Å²) in [6.45, 7) is 1.85. The van der Waals surface area contributed by atoms with Gasteiger partial charge in [0, 0.05) is 16.9 Å². The van der Waals surface area contributed by atoms with Gasteiger partial charge in [-0.05, 0) is 25.1 Å². The number of amides is 2. The molecule has 4 nitrogen and oxygen atoms in total. The molecule has 0 aromatic heterocycles. The van der Waals surface area contributed by atoms with Crippen LogP contribution in [0.1, 0.15) is 13.3 Å². The quantitative estimate of drug-likeness (QED) is 0.803. The van der Waals surface area contributed by atoms with Gasteiger partial charge < -0.3 is 10.2 Å². The molecule has 0 radical (unpaired) electrons. The summed E-state index contributed by atoms with van der Waals surface area (Å²) < 4.78 is 0.876. The Kier molecular flexibility index (Phi) is 2.96. The highest BCUT2D eigenvalue weighted by Crippen LogP contribution is 2.32. The SMILES string of the molecule is C[C@@H]1CC(=O)Nc2ccc(Br)cc2N1C=O. The molecular weight excluding hydrogens is 272 g/mol. The molecule has 1 heterocycles. The van der Waals surface area contributed by atoms with Crippen LogP contribution in [0.4, 0.5) is 11.4 Å². The minimum atomic E-state index is -0.131. The van der Waals surface area contributed by atoms with Crippen LogP contribution in [0.5, 0.6) is 0 Å². The molecule has 0 unspecified atom stereocenters. The highest BCUT2D eigenvalue weighted by molar-refractivity contribution is 9.10. The van der Waals surface area contributed by atoms with E-state index >= 15 is 0 Å². The Morgan fingerprint density at radius 1 is 1.56 bits per heavy atom. The number of hydrogen-bond donors (Lipinski definition) is 1. The Morgan fingerprint density at radius 3 is 3.00 bits per heavy atom. The summed E-state index contributed by atoms with van der Waals surface area (Å²) in [7, 11) is 0. The maximum Gasteiger partial charge on any atom is 0.226 e. The standard InChI is InChI=1S/C11H11BrN2O2/c1-7-4-11(16)13-9-3-2-8(12)5-10(9)14(7)6-15/h2-3,5-7H,4H2,1H3,(H,13,16)/t7-/m1/s1. The Morgan fingerprint density at radius 2 is 2.31 bits per heavy atom. The zero-order valence-corrected chi connectivity index (χ0v) is 10.3. The summed E-state index contributed by atoms with van der Waals surface area (Å²) in [5, 5.41) is 2.78. The number of nitrogens with one attached hydrogen (secondary N) is 1. The van der Waals surface area contributed by atoms with Crippen molar-refractivity contribution in [3.63, 3.8) is 0 Å². The fraction of sp³-hybridized carbons (Fsp3) is 0.273. The first kappa shape index (κ1) is 11.1. The lowest BCUT2D eigenvalue weighted by molar-refractivity contribution is -0.116. The van der Waals surface area contributed by atoms with E-state index in [1.54, 1.807) is 11.0 Å². The zero-order valence-electron chi connectivity index (χ0n) is 8.74. The van der Waals surface area contributed by atoms with Crippen LogP contribution in [0.3, 0.4) is 0 Å². The van der Waals surface area contributed by atoms with Crippen LogP contribution in [0.2, 0.25) is 0 Å². The minimum absolute atomic E-state index is 0.0691. The summed E-state index contributed by atoms with van der Waals surface area (Å²) in [6, 6.07) is 5.31. The van der Waals surface area contributed by atoms with Crippen LogP contribution in [-0.4, -0.2) is 18.4 Å². The highest BCUT2D eigenvalue weighted by atomic mass is 79.9. The Labute approximate surface area is 102 Å². The van der Waals surface area contributed by atoms with Gasteiger partial charge in [-0.2, -0.15) is 0 Å². The first-order valence-electron chi connectivity index (χ1n) is 4.95. The minimum Gasteiger partial charge on any atom is -0.324 e. The summed E-state index contributed by atoms with van der Waals surface area (Å²) >= 11 is 3.35. The number of anilines is 2.